The summed E-state index contributed by atoms with van der Waals surface area (Å²) in [5.74, 6) is 2.62. The van der Waals surface area contributed by atoms with Gasteiger partial charge in [-0.15, -0.1) is 0 Å². The molecule has 1 heterocycles. The summed E-state index contributed by atoms with van der Waals surface area (Å²) in [6.07, 6.45) is 0. The molecule has 0 unspecified atom stereocenters. The minimum Gasteiger partial charge on any atom is -0.494 e. The van der Waals surface area contributed by atoms with Crippen LogP contribution in [0.5, 0.6) is 17.2 Å². The molecule has 2 aromatic rings. The second kappa shape index (κ2) is 9.50. The summed E-state index contributed by atoms with van der Waals surface area (Å²) in [6, 6.07) is 14.9. The second-order valence-electron chi connectivity index (χ2n) is 6.18. The van der Waals surface area contributed by atoms with Crippen LogP contribution in [0.2, 0.25) is 0 Å². The van der Waals surface area contributed by atoms with E-state index in [4.69, 9.17) is 14.2 Å². The predicted octanol–water partition coefficient (Wildman–Crippen LogP) is 4.12. The summed E-state index contributed by atoms with van der Waals surface area (Å²) in [7, 11) is 1.57. The van der Waals surface area contributed by atoms with Crippen LogP contribution in [0.4, 0.5) is 5.69 Å². The summed E-state index contributed by atoms with van der Waals surface area (Å²) >= 11 is 1.57. The molecule has 28 heavy (non-hydrogen) atoms. The van der Waals surface area contributed by atoms with Crippen LogP contribution in [0.3, 0.4) is 0 Å². The first-order valence-electron chi connectivity index (χ1n) is 9.14. The zero-order valence-corrected chi connectivity index (χ0v) is 17.1. The van der Waals surface area contributed by atoms with E-state index in [0.29, 0.717) is 23.3 Å². The monoisotopic (exact) mass is 400 g/mol. The number of amides is 1. The molecule has 0 aromatic heterocycles. The van der Waals surface area contributed by atoms with Crippen LogP contribution in [-0.2, 0) is 4.79 Å². The molecule has 3 rings (SSSR count). The Hall–Kier alpha value is -2.67. The van der Waals surface area contributed by atoms with Gasteiger partial charge in [0.15, 0.2) is 23.3 Å². The minimum absolute atomic E-state index is 0.0558. The van der Waals surface area contributed by atoms with Crippen molar-refractivity contribution in [1.29, 1.82) is 0 Å². The summed E-state index contributed by atoms with van der Waals surface area (Å²) in [5, 5.41) is 0.685. The molecule has 6 nitrogen and oxygen atoms in total. The van der Waals surface area contributed by atoms with E-state index in [2.05, 4.69) is 4.99 Å². The smallest absolute Gasteiger partial charge is 0.266 e. The summed E-state index contributed by atoms with van der Waals surface area (Å²) in [5.41, 5.74) is 0.781. The Balaban J connectivity index is 1.70. The van der Waals surface area contributed by atoms with Crippen molar-refractivity contribution >= 4 is 28.5 Å². The zero-order valence-electron chi connectivity index (χ0n) is 16.3. The number of methoxy groups -OCH3 is 1. The minimum atomic E-state index is -0.131. The third-order valence-electron chi connectivity index (χ3n) is 4.16. The van der Waals surface area contributed by atoms with Crippen molar-refractivity contribution in [2.45, 2.75) is 19.9 Å². The average Bonchev–Trinajstić information content (AvgIpc) is 3.08. The summed E-state index contributed by atoms with van der Waals surface area (Å²) in [4.78, 5) is 19.2. The third-order valence-corrected chi connectivity index (χ3v) is 5.36. The van der Waals surface area contributed by atoms with Crippen molar-refractivity contribution in [3.63, 3.8) is 0 Å². The van der Waals surface area contributed by atoms with E-state index in [1.807, 2.05) is 50.2 Å². The molecule has 0 aliphatic carbocycles. The first kappa shape index (κ1) is 20.1. The molecule has 0 bridgehead atoms. The van der Waals surface area contributed by atoms with Gasteiger partial charge < -0.3 is 14.2 Å². The molecule has 0 radical (unpaired) electrons. The van der Waals surface area contributed by atoms with Gasteiger partial charge in [0.2, 0.25) is 0 Å². The highest BCUT2D eigenvalue weighted by Crippen LogP contribution is 2.29. The molecular formula is C21H24N2O4S. The lowest BCUT2D eigenvalue weighted by molar-refractivity contribution is -0.130. The molecule has 1 amide bonds. The number of carbonyl (C=O) groups is 1. The number of hydrogen-bond donors (Lipinski definition) is 0. The Morgan fingerprint density at radius 1 is 1.14 bits per heavy atom. The number of rotatable bonds is 7. The fourth-order valence-corrected chi connectivity index (χ4v) is 3.94. The van der Waals surface area contributed by atoms with Crippen LogP contribution in [-0.4, -0.2) is 48.1 Å². The molecule has 0 spiro atoms. The van der Waals surface area contributed by atoms with Gasteiger partial charge in [-0.3, -0.25) is 9.69 Å². The van der Waals surface area contributed by atoms with Gasteiger partial charge in [0.25, 0.3) is 5.91 Å². The number of thioether (sulfide) groups is 1. The van der Waals surface area contributed by atoms with Gasteiger partial charge >= 0.3 is 0 Å². The average molecular weight is 401 g/mol. The van der Waals surface area contributed by atoms with E-state index in [1.165, 1.54) is 0 Å². The van der Waals surface area contributed by atoms with Crippen molar-refractivity contribution in [3.05, 3.63) is 48.5 Å². The quantitative estimate of drug-likeness (QED) is 0.700. The Morgan fingerprint density at radius 3 is 2.54 bits per heavy atom. The van der Waals surface area contributed by atoms with Crippen molar-refractivity contribution in [1.82, 2.24) is 4.90 Å². The van der Waals surface area contributed by atoms with Gasteiger partial charge in [-0.25, -0.2) is 4.99 Å². The lowest BCUT2D eigenvalue weighted by Gasteiger charge is -2.21. The van der Waals surface area contributed by atoms with E-state index in [1.54, 1.807) is 35.9 Å². The van der Waals surface area contributed by atoms with E-state index < -0.39 is 0 Å². The Morgan fingerprint density at radius 2 is 1.86 bits per heavy atom. The molecule has 7 heteroatoms. The lowest BCUT2D eigenvalue weighted by atomic mass is 10.3. The number of carbonyl (C=O) groups excluding carboxylic acids is 1. The predicted molar refractivity (Wildman–Crippen MR) is 112 cm³/mol. The standard InChI is InChI=1S/C21H24N2O4S/c1-4-26-17-11-9-16(10-12-17)22-21-23(15(2)14-28-21)20(24)13-27-19-8-6-5-7-18(19)25-3/h5-12,15H,4,13-14H2,1-3H3/t15-/m1/s1. The largest absolute Gasteiger partial charge is 0.494 e. The Labute approximate surface area is 169 Å². The van der Waals surface area contributed by atoms with E-state index >= 15 is 0 Å². The zero-order chi connectivity index (χ0) is 19.9. The van der Waals surface area contributed by atoms with Crippen molar-refractivity contribution in [2.75, 3.05) is 26.1 Å². The normalized spacial score (nSPS) is 17.6. The lowest BCUT2D eigenvalue weighted by Crippen LogP contribution is -2.40. The van der Waals surface area contributed by atoms with Gasteiger partial charge in [0, 0.05) is 11.8 Å². The van der Waals surface area contributed by atoms with Crippen molar-refractivity contribution in [2.24, 2.45) is 4.99 Å². The maximum Gasteiger partial charge on any atom is 0.266 e. The number of amidine groups is 1. The molecule has 1 aliphatic heterocycles. The SMILES string of the molecule is CCOc1ccc(N=C2SC[C@@H](C)N2C(=O)COc2ccccc2OC)cc1. The highest BCUT2D eigenvalue weighted by Gasteiger charge is 2.32. The van der Waals surface area contributed by atoms with Crippen molar-refractivity contribution in [3.8, 4) is 17.2 Å². The molecule has 1 fully saturated rings. The first-order chi connectivity index (χ1) is 13.6. The summed E-state index contributed by atoms with van der Waals surface area (Å²) < 4.78 is 16.4. The van der Waals surface area contributed by atoms with Gasteiger partial charge in [-0.1, -0.05) is 23.9 Å². The fourth-order valence-electron chi connectivity index (χ4n) is 2.81. The number of nitrogens with zero attached hydrogens (tertiary/aromatic N) is 2. The molecular weight excluding hydrogens is 376 g/mol. The Bertz CT molecular complexity index is 839. The van der Waals surface area contributed by atoms with Crippen LogP contribution >= 0.6 is 11.8 Å². The second-order valence-corrected chi connectivity index (χ2v) is 7.17. The van der Waals surface area contributed by atoms with E-state index in [-0.39, 0.29) is 18.6 Å². The highest BCUT2D eigenvalue weighted by atomic mass is 32.2. The molecule has 1 aliphatic rings. The third kappa shape index (κ3) is 4.78. The van der Waals surface area contributed by atoms with E-state index in [9.17, 15) is 4.79 Å². The van der Waals surface area contributed by atoms with Gasteiger partial charge in [0.1, 0.15) is 5.75 Å². The number of benzene rings is 2. The van der Waals surface area contributed by atoms with Crippen LogP contribution in [0.25, 0.3) is 0 Å². The van der Waals surface area contributed by atoms with Crippen LogP contribution in [0.1, 0.15) is 13.8 Å². The number of para-hydroxylation sites is 2. The molecule has 0 N–H and O–H groups in total. The topological polar surface area (TPSA) is 60.4 Å². The Kier molecular flexibility index (Phi) is 6.81. The summed E-state index contributed by atoms with van der Waals surface area (Å²) in [6.45, 7) is 4.50. The van der Waals surface area contributed by atoms with E-state index in [0.717, 1.165) is 17.2 Å². The molecule has 148 valence electrons. The maximum absolute atomic E-state index is 12.8. The fraction of sp³-hybridized carbons (Fsp3) is 0.333. The molecule has 0 saturated carbocycles. The number of aliphatic imine (C=N–C) groups is 1. The van der Waals surface area contributed by atoms with Crippen molar-refractivity contribution < 1.29 is 19.0 Å². The van der Waals surface area contributed by atoms with Crippen LogP contribution in [0, 0.1) is 0 Å². The molecule has 1 saturated heterocycles. The maximum atomic E-state index is 12.8. The number of hydrogen-bond acceptors (Lipinski definition) is 6. The van der Waals surface area contributed by atoms with Gasteiger partial charge in [0.05, 0.1) is 19.4 Å². The van der Waals surface area contributed by atoms with Gasteiger partial charge in [-0.2, -0.15) is 0 Å². The van der Waals surface area contributed by atoms with Gasteiger partial charge in [-0.05, 0) is 50.2 Å². The van der Waals surface area contributed by atoms with Crippen LogP contribution < -0.4 is 14.2 Å². The first-order valence-corrected chi connectivity index (χ1v) is 10.1. The highest BCUT2D eigenvalue weighted by molar-refractivity contribution is 8.14. The molecule has 2 aromatic carbocycles. The number of ether oxygens (including phenoxy) is 3. The molecule has 1 atom stereocenters. The van der Waals surface area contributed by atoms with Crippen LogP contribution in [0.15, 0.2) is 53.5 Å².